The molecule has 0 spiro atoms. The van der Waals surface area contributed by atoms with E-state index in [1.807, 2.05) is 13.8 Å². The molecule has 0 aliphatic carbocycles. The maximum Gasteiger partial charge on any atom is 0.339 e. The molecular weight excluding hydrogens is 340 g/mol. The second kappa shape index (κ2) is 11.8. The van der Waals surface area contributed by atoms with Crippen LogP contribution in [-0.4, -0.2) is 49.7 Å². The summed E-state index contributed by atoms with van der Waals surface area (Å²) in [5.74, 6) is -1.54. The van der Waals surface area contributed by atoms with Crippen molar-refractivity contribution in [1.29, 1.82) is 0 Å². The molecule has 0 aromatic carbocycles. The minimum atomic E-state index is -0.597. The zero-order valence-electron chi connectivity index (χ0n) is 15.5. The highest BCUT2D eigenvalue weighted by atomic mass is 16.5. The number of pyridine rings is 1. The maximum atomic E-state index is 12.2. The molecule has 0 atom stereocenters. The average molecular weight is 366 g/mol. The van der Waals surface area contributed by atoms with Crippen molar-refractivity contribution >= 4 is 17.8 Å². The van der Waals surface area contributed by atoms with Gasteiger partial charge >= 0.3 is 11.9 Å². The van der Waals surface area contributed by atoms with E-state index in [0.29, 0.717) is 13.2 Å². The summed E-state index contributed by atoms with van der Waals surface area (Å²) < 4.78 is 15.2. The summed E-state index contributed by atoms with van der Waals surface area (Å²) in [4.78, 5) is 39.6. The quantitative estimate of drug-likeness (QED) is 0.472. The van der Waals surface area contributed by atoms with Crippen molar-refractivity contribution in [3.8, 4) is 5.75 Å². The molecule has 26 heavy (non-hydrogen) atoms. The largest absolute Gasteiger partial charge is 0.494 e. The topological polar surface area (TPSA) is 104 Å². The maximum absolute atomic E-state index is 12.2. The first-order chi connectivity index (χ1) is 12.5. The number of unbranched alkanes of at least 4 members (excludes halogenated alkanes) is 2. The first-order valence-electron chi connectivity index (χ1n) is 8.68. The van der Waals surface area contributed by atoms with Crippen LogP contribution in [0.2, 0.25) is 0 Å². The van der Waals surface area contributed by atoms with E-state index in [-0.39, 0.29) is 23.6 Å². The summed E-state index contributed by atoms with van der Waals surface area (Å²) in [5, 5.41) is 2.42. The summed E-state index contributed by atoms with van der Waals surface area (Å²) in [5.41, 5.74) is 0.160. The van der Waals surface area contributed by atoms with Gasteiger partial charge in [0.25, 0.3) is 5.91 Å². The van der Waals surface area contributed by atoms with E-state index in [4.69, 9.17) is 14.2 Å². The predicted octanol–water partition coefficient (Wildman–Crippen LogP) is 2.12. The number of aromatic nitrogens is 1. The van der Waals surface area contributed by atoms with Crippen LogP contribution >= 0.6 is 0 Å². The van der Waals surface area contributed by atoms with E-state index >= 15 is 0 Å². The molecule has 0 aliphatic rings. The molecule has 0 unspecified atom stereocenters. The number of carbonyl (C=O) groups excluding carboxylic acids is 3. The molecule has 144 valence electrons. The number of carbonyl (C=O) groups is 3. The van der Waals surface area contributed by atoms with Crippen LogP contribution in [0, 0.1) is 0 Å². The zero-order chi connectivity index (χ0) is 19.4. The third kappa shape index (κ3) is 7.08. The third-order valence-electron chi connectivity index (χ3n) is 3.41. The molecule has 0 saturated heterocycles. The van der Waals surface area contributed by atoms with Crippen LogP contribution in [0.25, 0.3) is 0 Å². The van der Waals surface area contributed by atoms with Gasteiger partial charge in [0, 0.05) is 6.20 Å². The molecule has 1 heterocycles. The van der Waals surface area contributed by atoms with Crippen LogP contribution in [0.5, 0.6) is 5.75 Å². The highest BCUT2D eigenvalue weighted by molar-refractivity contribution is 5.98. The highest BCUT2D eigenvalue weighted by Crippen LogP contribution is 2.18. The predicted molar refractivity (Wildman–Crippen MR) is 94.2 cm³/mol. The minimum Gasteiger partial charge on any atom is -0.494 e. The van der Waals surface area contributed by atoms with Crippen LogP contribution in [0.15, 0.2) is 12.3 Å². The fraction of sp³-hybridized carbons (Fsp3) is 0.556. The van der Waals surface area contributed by atoms with Crippen LogP contribution < -0.4 is 10.1 Å². The minimum absolute atomic E-state index is 0.0287. The zero-order valence-corrected chi connectivity index (χ0v) is 15.5. The van der Waals surface area contributed by atoms with Crippen LogP contribution in [0.4, 0.5) is 0 Å². The molecule has 1 N–H and O–H groups in total. The van der Waals surface area contributed by atoms with Crippen molar-refractivity contribution in [2.24, 2.45) is 0 Å². The Morgan fingerprint density at radius 3 is 2.35 bits per heavy atom. The van der Waals surface area contributed by atoms with Crippen molar-refractivity contribution in [3.05, 3.63) is 23.5 Å². The number of hydrogen-bond donors (Lipinski definition) is 1. The molecule has 0 radical (unpaired) electrons. The van der Waals surface area contributed by atoms with Crippen LogP contribution in [-0.2, 0) is 14.3 Å². The number of rotatable bonds is 11. The molecule has 8 heteroatoms. The Balaban J connectivity index is 2.66. The number of methoxy groups -OCH3 is 1. The number of nitrogens with one attached hydrogen (secondary N) is 1. The van der Waals surface area contributed by atoms with Gasteiger partial charge in [0.1, 0.15) is 6.54 Å². The number of ether oxygens (including phenoxy) is 3. The molecule has 0 bridgehead atoms. The Morgan fingerprint density at radius 2 is 1.73 bits per heavy atom. The lowest BCUT2D eigenvalue weighted by Crippen LogP contribution is -2.31. The van der Waals surface area contributed by atoms with E-state index in [1.165, 1.54) is 19.4 Å². The molecule has 1 rings (SSSR count). The average Bonchev–Trinajstić information content (AvgIpc) is 2.65. The van der Waals surface area contributed by atoms with Gasteiger partial charge in [-0.3, -0.25) is 9.59 Å². The second-order valence-corrected chi connectivity index (χ2v) is 5.52. The molecule has 8 nitrogen and oxygen atoms in total. The molecule has 0 aliphatic heterocycles. The fourth-order valence-corrected chi connectivity index (χ4v) is 1.89. The summed E-state index contributed by atoms with van der Waals surface area (Å²) in [6.07, 6.45) is 4.60. The van der Waals surface area contributed by atoms with E-state index in [0.717, 1.165) is 25.7 Å². The number of nitrogens with zero attached hydrogens (tertiary/aromatic N) is 1. The number of esters is 2. The summed E-state index contributed by atoms with van der Waals surface area (Å²) in [6.45, 7) is 4.35. The Hall–Kier alpha value is -2.64. The smallest absolute Gasteiger partial charge is 0.339 e. The van der Waals surface area contributed by atoms with Gasteiger partial charge in [-0.2, -0.15) is 0 Å². The summed E-state index contributed by atoms with van der Waals surface area (Å²) >= 11 is 0. The van der Waals surface area contributed by atoms with Crippen LogP contribution in [0.3, 0.4) is 0 Å². The van der Waals surface area contributed by atoms with Crippen LogP contribution in [0.1, 0.15) is 60.4 Å². The fourth-order valence-electron chi connectivity index (χ4n) is 1.89. The summed E-state index contributed by atoms with van der Waals surface area (Å²) in [6, 6.07) is 1.38. The third-order valence-corrected chi connectivity index (χ3v) is 3.41. The van der Waals surface area contributed by atoms with Gasteiger partial charge < -0.3 is 19.5 Å². The number of hydrogen-bond acceptors (Lipinski definition) is 7. The molecule has 1 amide bonds. The summed E-state index contributed by atoms with van der Waals surface area (Å²) in [7, 11) is 1.36. The Labute approximate surface area is 153 Å². The van der Waals surface area contributed by atoms with Gasteiger partial charge in [-0.15, -0.1) is 0 Å². The number of amides is 1. The highest BCUT2D eigenvalue weighted by Gasteiger charge is 2.18. The molecule has 0 fully saturated rings. The second-order valence-electron chi connectivity index (χ2n) is 5.52. The lowest BCUT2D eigenvalue weighted by atomic mass is 10.2. The van der Waals surface area contributed by atoms with E-state index in [9.17, 15) is 14.4 Å². The van der Waals surface area contributed by atoms with Gasteiger partial charge in [-0.1, -0.05) is 26.7 Å². The lowest BCUT2D eigenvalue weighted by molar-refractivity contribution is -0.142. The molecule has 1 aromatic heterocycles. The van der Waals surface area contributed by atoms with Crippen molar-refractivity contribution in [2.45, 2.75) is 39.5 Å². The Bertz CT molecular complexity index is 618. The van der Waals surface area contributed by atoms with E-state index in [2.05, 4.69) is 10.3 Å². The standard InChI is InChI=1S/C18H26N2O6/c1-4-6-8-25-15(21)12-20-17(22)16-14(24-3)10-13(11-19-16)18(23)26-9-7-5-2/h10-11H,4-9,12H2,1-3H3,(H,20,22). The molecular formula is C18H26N2O6. The normalized spacial score (nSPS) is 10.1. The van der Waals surface area contributed by atoms with Gasteiger partial charge in [-0.05, 0) is 18.9 Å². The van der Waals surface area contributed by atoms with Crippen molar-refractivity contribution in [3.63, 3.8) is 0 Å². The monoisotopic (exact) mass is 366 g/mol. The van der Waals surface area contributed by atoms with Gasteiger partial charge in [0.05, 0.1) is 25.9 Å². The Kier molecular flexibility index (Phi) is 9.74. The SMILES string of the molecule is CCCCOC(=O)CNC(=O)c1ncc(C(=O)OCCCC)cc1OC. The molecule has 1 aromatic rings. The van der Waals surface area contributed by atoms with Crippen molar-refractivity contribution in [2.75, 3.05) is 26.9 Å². The van der Waals surface area contributed by atoms with Gasteiger partial charge in [0.2, 0.25) is 0 Å². The van der Waals surface area contributed by atoms with Gasteiger partial charge in [-0.25, -0.2) is 9.78 Å². The van der Waals surface area contributed by atoms with E-state index in [1.54, 1.807) is 0 Å². The molecule has 0 saturated carbocycles. The van der Waals surface area contributed by atoms with Crippen molar-refractivity contribution in [1.82, 2.24) is 10.3 Å². The van der Waals surface area contributed by atoms with E-state index < -0.39 is 17.8 Å². The first kappa shape index (κ1) is 21.4. The first-order valence-corrected chi connectivity index (χ1v) is 8.68. The Morgan fingerprint density at radius 1 is 1.08 bits per heavy atom. The van der Waals surface area contributed by atoms with Crippen molar-refractivity contribution < 1.29 is 28.6 Å². The van der Waals surface area contributed by atoms with Gasteiger partial charge in [0.15, 0.2) is 11.4 Å². The lowest BCUT2D eigenvalue weighted by Gasteiger charge is -2.10.